The smallest absolute Gasteiger partial charge is 0.148 e. The number of aliphatic hydroxyl groups excluding tert-OH is 1. The first kappa shape index (κ1) is 14.8. The van der Waals surface area contributed by atoms with Crippen molar-refractivity contribution in [2.75, 3.05) is 0 Å². The van der Waals surface area contributed by atoms with Gasteiger partial charge in [0, 0.05) is 5.39 Å². The molecule has 22 heavy (non-hydrogen) atoms. The average Bonchev–Trinajstić information content (AvgIpc) is 2.98. The molecule has 0 aliphatic carbocycles. The Morgan fingerprint density at radius 3 is 2.41 bits per heavy atom. The first-order valence-electron chi connectivity index (χ1n) is 7.53. The molecule has 1 aromatic heterocycles. The first-order valence-corrected chi connectivity index (χ1v) is 7.53. The van der Waals surface area contributed by atoms with Gasteiger partial charge < -0.3 is 14.6 Å². The zero-order valence-electron chi connectivity index (χ0n) is 12.6. The van der Waals surface area contributed by atoms with E-state index >= 15 is 0 Å². The first-order chi connectivity index (χ1) is 10.6. The second kappa shape index (κ2) is 5.95. The second-order valence-electron chi connectivity index (χ2n) is 5.73. The lowest BCUT2D eigenvalue weighted by Crippen LogP contribution is -2.37. The topological polar surface area (TPSA) is 53.6 Å². The molecule has 0 aliphatic heterocycles. The number of benzene rings is 2. The van der Waals surface area contributed by atoms with Gasteiger partial charge in [0.05, 0.1) is 6.10 Å². The fourth-order valence-corrected chi connectivity index (χ4v) is 2.71. The largest absolute Gasteiger partial charge is 0.458 e. The summed E-state index contributed by atoms with van der Waals surface area (Å²) in [6, 6.07) is 19.4. The van der Waals surface area contributed by atoms with Gasteiger partial charge in [-0.25, -0.2) is 0 Å². The van der Waals surface area contributed by atoms with E-state index in [0.29, 0.717) is 18.6 Å². The quantitative estimate of drug-likeness (QED) is 0.756. The van der Waals surface area contributed by atoms with Gasteiger partial charge in [0.15, 0.2) is 0 Å². The number of hydrogen-bond acceptors (Lipinski definition) is 3. The SMILES string of the molecule is C[C@H](O)C(O)(CCc1ccccc1)c1cc2ccccc2o1. The van der Waals surface area contributed by atoms with Crippen molar-refractivity contribution < 1.29 is 14.6 Å². The van der Waals surface area contributed by atoms with Crippen molar-refractivity contribution >= 4 is 11.0 Å². The third-order valence-electron chi connectivity index (χ3n) is 4.18. The standard InChI is InChI=1S/C19H20O3/c1-14(20)19(21,12-11-15-7-3-2-4-8-15)18-13-16-9-5-6-10-17(16)22-18/h2-10,13-14,20-21H,11-12H2,1H3/t14-,19?/m0/s1. The van der Waals surface area contributed by atoms with Crippen molar-refractivity contribution in [2.24, 2.45) is 0 Å². The molecule has 1 heterocycles. The lowest BCUT2D eigenvalue weighted by molar-refractivity contribution is -0.0899. The second-order valence-corrected chi connectivity index (χ2v) is 5.73. The third kappa shape index (κ3) is 2.78. The Morgan fingerprint density at radius 2 is 1.73 bits per heavy atom. The van der Waals surface area contributed by atoms with E-state index < -0.39 is 11.7 Å². The molecule has 3 aromatic rings. The number of aryl methyl sites for hydroxylation is 1. The monoisotopic (exact) mass is 296 g/mol. The van der Waals surface area contributed by atoms with Gasteiger partial charge in [-0.05, 0) is 37.5 Å². The highest BCUT2D eigenvalue weighted by Gasteiger charge is 2.37. The zero-order chi connectivity index (χ0) is 15.6. The summed E-state index contributed by atoms with van der Waals surface area (Å²) in [5.41, 5.74) is 0.448. The summed E-state index contributed by atoms with van der Waals surface area (Å²) in [6.07, 6.45) is 0.144. The fraction of sp³-hybridized carbons (Fsp3) is 0.263. The fourth-order valence-electron chi connectivity index (χ4n) is 2.71. The molecule has 1 unspecified atom stereocenters. The maximum Gasteiger partial charge on any atom is 0.148 e. The summed E-state index contributed by atoms with van der Waals surface area (Å²) in [7, 11) is 0. The van der Waals surface area contributed by atoms with Crippen LogP contribution in [-0.4, -0.2) is 16.3 Å². The highest BCUT2D eigenvalue weighted by molar-refractivity contribution is 5.77. The molecule has 0 radical (unpaired) electrons. The van der Waals surface area contributed by atoms with E-state index in [0.717, 1.165) is 16.5 Å². The molecular formula is C19H20O3. The Bertz CT molecular complexity index is 712. The van der Waals surface area contributed by atoms with E-state index in [1.807, 2.05) is 60.7 Å². The van der Waals surface area contributed by atoms with E-state index in [9.17, 15) is 10.2 Å². The number of fused-ring (bicyclic) bond motifs is 1. The Morgan fingerprint density at radius 1 is 1.05 bits per heavy atom. The van der Waals surface area contributed by atoms with Crippen LogP contribution in [0, 0.1) is 0 Å². The normalized spacial score (nSPS) is 15.6. The minimum atomic E-state index is -1.39. The van der Waals surface area contributed by atoms with Crippen LogP contribution in [0.25, 0.3) is 11.0 Å². The highest BCUT2D eigenvalue weighted by Crippen LogP contribution is 2.34. The van der Waals surface area contributed by atoms with E-state index in [4.69, 9.17) is 4.42 Å². The van der Waals surface area contributed by atoms with Crippen LogP contribution in [0.15, 0.2) is 65.1 Å². The van der Waals surface area contributed by atoms with Crippen molar-refractivity contribution in [3.63, 3.8) is 0 Å². The van der Waals surface area contributed by atoms with Crippen LogP contribution in [0.5, 0.6) is 0 Å². The number of aliphatic hydroxyl groups is 2. The summed E-state index contributed by atoms with van der Waals surface area (Å²) in [6.45, 7) is 1.60. The van der Waals surface area contributed by atoms with Crippen molar-refractivity contribution in [1.29, 1.82) is 0 Å². The van der Waals surface area contributed by atoms with Crippen molar-refractivity contribution in [1.82, 2.24) is 0 Å². The molecule has 0 spiro atoms. The molecule has 0 amide bonds. The van der Waals surface area contributed by atoms with Crippen molar-refractivity contribution in [3.8, 4) is 0 Å². The van der Waals surface area contributed by atoms with E-state index in [2.05, 4.69) is 0 Å². The summed E-state index contributed by atoms with van der Waals surface area (Å²) in [5.74, 6) is 0.416. The summed E-state index contributed by atoms with van der Waals surface area (Å²) < 4.78 is 5.77. The molecule has 2 aromatic carbocycles. The number of para-hydroxylation sites is 1. The predicted molar refractivity (Wildman–Crippen MR) is 86.6 cm³/mol. The highest BCUT2D eigenvalue weighted by atomic mass is 16.4. The Kier molecular flexibility index (Phi) is 4.01. The van der Waals surface area contributed by atoms with Crippen LogP contribution in [0.4, 0.5) is 0 Å². The summed E-state index contributed by atoms with van der Waals surface area (Å²) in [5, 5.41) is 22.0. The number of furan rings is 1. The minimum Gasteiger partial charge on any atom is -0.458 e. The molecule has 0 bridgehead atoms. The third-order valence-corrected chi connectivity index (χ3v) is 4.18. The van der Waals surface area contributed by atoms with Crippen LogP contribution >= 0.6 is 0 Å². The van der Waals surface area contributed by atoms with Crippen molar-refractivity contribution in [2.45, 2.75) is 31.5 Å². The van der Waals surface area contributed by atoms with E-state index in [1.54, 1.807) is 6.92 Å². The van der Waals surface area contributed by atoms with Crippen LogP contribution in [0.3, 0.4) is 0 Å². The number of rotatable bonds is 5. The van der Waals surface area contributed by atoms with Gasteiger partial charge in [-0.3, -0.25) is 0 Å². The Balaban J connectivity index is 1.90. The molecule has 0 aliphatic rings. The van der Waals surface area contributed by atoms with Crippen molar-refractivity contribution in [3.05, 3.63) is 72.0 Å². The van der Waals surface area contributed by atoms with Crippen LogP contribution in [0.1, 0.15) is 24.7 Å². The molecule has 0 fully saturated rings. The Labute approximate surface area is 129 Å². The maximum atomic E-state index is 11.0. The average molecular weight is 296 g/mol. The van der Waals surface area contributed by atoms with Gasteiger partial charge in [0.1, 0.15) is 16.9 Å². The molecule has 0 saturated carbocycles. The number of hydrogen-bond donors (Lipinski definition) is 2. The minimum absolute atomic E-state index is 0.397. The van der Waals surface area contributed by atoms with E-state index in [1.165, 1.54) is 0 Å². The molecular weight excluding hydrogens is 276 g/mol. The van der Waals surface area contributed by atoms with Crippen LogP contribution in [0.2, 0.25) is 0 Å². The summed E-state index contributed by atoms with van der Waals surface area (Å²) >= 11 is 0. The lowest BCUT2D eigenvalue weighted by atomic mass is 9.87. The molecule has 3 heteroatoms. The molecule has 0 saturated heterocycles. The molecule has 3 nitrogen and oxygen atoms in total. The molecule has 3 rings (SSSR count). The molecule has 114 valence electrons. The maximum absolute atomic E-state index is 11.0. The van der Waals surface area contributed by atoms with Crippen LogP contribution < -0.4 is 0 Å². The Hall–Kier alpha value is -2.10. The van der Waals surface area contributed by atoms with Crippen LogP contribution in [-0.2, 0) is 12.0 Å². The zero-order valence-corrected chi connectivity index (χ0v) is 12.6. The lowest BCUT2D eigenvalue weighted by Gasteiger charge is -2.29. The van der Waals surface area contributed by atoms with Gasteiger partial charge in [-0.1, -0.05) is 48.5 Å². The molecule has 2 N–H and O–H groups in total. The summed E-state index contributed by atoms with van der Waals surface area (Å²) in [4.78, 5) is 0. The van der Waals surface area contributed by atoms with Gasteiger partial charge >= 0.3 is 0 Å². The van der Waals surface area contributed by atoms with E-state index in [-0.39, 0.29) is 0 Å². The molecule has 2 atom stereocenters. The van der Waals surface area contributed by atoms with Gasteiger partial charge in [-0.2, -0.15) is 0 Å². The predicted octanol–water partition coefficient (Wildman–Crippen LogP) is 3.63. The van der Waals surface area contributed by atoms with Gasteiger partial charge in [-0.15, -0.1) is 0 Å². The van der Waals surface area contributed by atoms with Gasteiger partial charge in [0.2, 0.25) is 0 Å². The van der Waals surface area contributed by atoms with Gasteiger partial charge in [0.25, 0.3) is 0 Å².